The lowest BCUT2D eigenvalue weighted by Gasteiger charge is -2.13. The lowest BCUT2D eigenvalue weighted by molar-refractivity contribution is -0.119. The van der Waals surface area contributed by atoms with E-state index in [1.165, 1.54) is 24.3 Å². The normalized spacial score (nSPS) is 13.5. The Hall–Kier alpha value is -4.59. The topological polar surface area (TPSA) is 77.5 Å². The number of carbonyl (C=O) groups excluding carboxylic acids is 2. The number of fused-ring (bicyclic) bond motifs is 2. The zero-order valence-electron chi connectivity index (χ0n) is 19.6. The van der Waals surface area contributed by atoms with Crippen LogP contribution in [0, 0.1) is 0 Å². The third-order valence-electron chi connectivity index (χ3n) is 5.98. The SMILES string of the molecule is O=C(COC(=O)c1c2c(nc3ccccc13)/C(=C/c1ccccc1)CC2)Nc1ccc(OC(F)F)cc1. The summed E-state index contributed by atoms with van der Waals surface area (Å²) in [6, 6.07) is 22.7. The van der Waals surface area contributed by atoms with Crippen LogP contribution in [0.3, 0.4) is 0 Å². The quantitative estimate of drug-likeness (QED) is 0.310. The number of allylic oxidation sites excluding steroid dienone is 1. The van der Waals surface area contributed by atoms with E-state index in [4.69, 9.17) is 9.72 Å². The Morgan fingerprint density at radius 1 is 0.946 bits per heavy atom. The van der Waals surface area contributed by atoms with E-state index in [0.29, 0.717) is 28.6 Å². The van der Waals surface area contributed by atoms with Crippen molar-refractivity contribution in [2.75, 3.05) is 11.9 Å². The van der Waals surface area contributed by atoms with Crippen molar-refractivity contribution in [2.45, 2.75) is 19.5 Å². The summed E-state index contributed by atoms with van der Waals surface area (Å²) in [6.07, 6.45) is 3.45. The molecular weight excluding hydrogens is 478 g/mol. The van der Waals surface area contributed by atoms with E-state index in [0.717, 1.165) is 28.8 Å². The summed E-state index contributed by atoms with van der Waals surface area (Å²) in [6.45, 7) is -3.44. The third kappa shape index (κ3) is 5.48. The number of benzene rings is 3. The van der Waals surface area contributed by atoms with Gasteiger partial charge in [0.25, 0.3) is 5.91 Å². The number of rotatable bonds is 7. The predicted molar refractivity (Wildman–Crippen MR) is 136 cm³/mol. The number of anilines is 1. The highest BCUT2D eigenvalue weighted by molar-refractivity contribution is 6.08. The number of halogens is 2. The lowest BCUT2D eigenvalue weighted by atomic mass is 10.0. The van der Waals surface area contributed by atoms with Gasteiger partial charge in [0.1, 0.15) is 5.75 Å². The molecule has 3 aromatic carbocycles. The molecular formula is C29H22F2N2O4. The van der Waals surface area contributed by atoms with Gasteiger partial charge in [-0.2, -0.15) is 8.78 Å². The van der Waals surface area contributed by atoms with Gasteiger partial charge >= 0.3 is 12.6 Å². The summed E-state index contributed by atoms with van der Waals surface area (Å²) in [5.74, 6) is -1.19. The van der Waals surface area contributed by atoms with Gasteiger partial charge in [-0.25, -0.2) is 9.78 Å². The molecule has 0 atom stereocenters. The minimum atomic E-state index is -2.93. The number of hydrogen-bond donors (Lipinski definition) is 1. The lowest BCUT2D eigenvalue weighted by Crippen LogP contribution is -2.21. The number of nitrogens with one attached hydrogen (secondary N) is 1. The third-order valence-corrected chi connectivity index (χ3v) is 5.98. The average Bonchev–Trinajstić information content (AvgIpc) is 3.29. The zero-order valence-corrected chi connectivity index (χ0v) is 19.6. The van der Waals surface area contributed by atoms with E-state index in [2.05, 4.69) is 16.1 Å². The molecule has 1 heterocycles. The second-order valence-corrected chi connectivity index (χ2v) is 8.44. The van der Waals surface area contributed by atoms with Crippen LogP contribution in [0.15, 0.2) is 78.9 Å². The number of alkyl halides is 2. The zero-order chi connectivity index (χ0) is 25.8. The number of nitrogens with zero attached hydrogens (tertiary/aromatic N) is 1. The van der Waals surface area contributed by atoms with Crippen LogP contribution in [0.4, 0.5) is 14.5 Å². The van der Waals surface area contributed by atoms with Gasteiger partial charge in [-0.05, 0) is 65.9 Å². The summed E-state index contributed by atoms with van der Waals surface area (Å²) in [5, 5.41) is 3.24. The highest BCUT2D eigenvalue weighted by Crippen LogP contribution is 2.37. The van der Waals surface area contributed by atoms with Crippen LogP contribution in [0.2, 0.25) is 0 Å². The van der Waals surface area contributed by atoms with Crippen molar-refractivity contribution < 1.29 is 27.8 Å². The summed E-state index contributed by atoms with van der Waals surface area (Å²) in [7, 11) is 0. The van der Waals surface area contributed by atoms with Crippen LogP contribution in [0.25, 0.3) is 22.6 Å². The van der Waals surface area contributed by atoms with Crippen LogP contribution in [-0.2, 0) is 16.0 Å². The summed E-state index contributed by atoms with van der Waals surface area (Å²) >= 11 is 0. The molecule has 0 bridgehead atoms. The highest BCUT2D eigenvalue weighted by atomic mass is 19.3. The molecule has 1 aliphatic carbocycles. The Balaban J connectivity index is 1.35. The summed E-state index contributed by atoms with van der Waals surface area (Å²) in [5.41, 5.74) is 5.11. The second kappa shape index (κ2) is 10.6. The van der Waals surface area contributed by atoms with Gasteiger partial charge in [0.2, 0.25) is 0 Å². The van der Waals surface area contributed by atoms with Crippen molar-refractivity contribution in [1.82, 2.24) is 4.98 Å². The molecule has 0 saturated heterocycles. The molecule has 0 saturated carbocycles. The highest BCUT2D eigenvalue weighted by Gasteiger charge is 2.28. The smallest absolute Gasteiger partial charge is 0.387 e. The van der Waals surface area contributed by atoms with Crippen LogP contribution in [0.1, 0.15) is 33.6 Å². The van der Waals surface area contributed by atoms with Crippen molar-refractivity contribution in [2.24, 2.45) is 0 Å². The van der Waals surface area contributed by atoms with Gasteiger partial charge in [0.05, 0.1) is 16.8 Å². The van der Waals surface area contributed by atoms with E-state index >= 15 is 0 Å². The van der Waals surface area contributed by atoms with Crippen molar-refractivity contribution in [3.8, 4) is 5.75 Å². The maximum Gasteiger partial charge on any atom is 0.387 e. The van der Waals surface area contributed by atoms with Gasteiger partial charge in [-0.1, -0.05) is 48.5 Å². The van der Waals surface area contributed by atoms with Gasteiger partial charge in [-0.3, -0.25) is 4.79 Å². The first-order chi connectivity index (χ1) is 18.0. The summed E-state index contributed by atoms with van der Waals surface area (Å²) in [4.78, 5) is 30.5. The number of ether oxygens (including phenoxy) is 2. The van der Waals surface area contributed by atoms with Gasteiger partial charge < -0.3 is 14.8 Å². The molecule has 1 amide bonds. The molecule has 186 valence electrons. The van der Waals surface area contributed by atoms with Gasteiger partial charge in [0.15, 0.2) is 6.61 Å². The number of esters is 1. The van der Waals surface area contributed by atoms with E-state index in [1.807, 2.05) is 54.6 Å². The molecule has 0 aliphatic heterocycles. The molecule has 1 aliphatic rings. The van der Waals surface area contributed by atoms with Crippen molar-refractivity contribution in [1.29, 1.82) is 0 Å². The first kappa shape index (κ1) is 24.1. The predicted octanol–water partition coefficient (Wildman–Crippen LogP) is 6.12. The molecule has 0 radical (unpaired) electrons. The maximum atomic E-state index is 13.3. The first-order valence-electron chi connectivity index (χ1n) is 11.7. The molecule has 0 unspecified atom stereocenters. The Kier molecular flexibility index (Phi) is 6.89. The number of carbonyl (C=O) groups is 2. The number of hydrogen-bond acceptors (Lipinski definition) is 5. The minimum Gasteiger partial charge on any atom is -0.452 e. The molecule has 1 aromatic heterocycles. The Labute approximate surface area is 211 Å². The molecule has 37 heavy (non-hydrogen) atoms. The molecule has 1 N–H and O–H groups in total. The Morgan fingerprint density at radius 3 is 2.43 bits per heavy atom. The number of para-hydroxylation sites is 1. The molecule has 5 rings (SSSR count). The fraction of sp³-hybridized carbons (Fsp3) is 0.138. The van der Waals surface area contributed by atoms with E-state index in [9.17, 15) is 18.4 Å². The summed E-state index contributed by atoms with van der Waals surface area (Å²) < 4.78 is 34.3. The molecule has 8 heteroatoms. The van der Waals surface area contributed by atoms with E-state index in [1.54, 1.807) is 0 Å². The molecule has 0 fully saturated rings. The second-order valence-electron chi connectivity index (χ2n) is 8.44. The average molecular weight is 501 g/mol. The largest absolute Gasteiger partial charge is 0.452 e. The number of aromatic nitrogens is 1. The Morgan fingerprint density at radius 2 is 1.68 bits per heavy atom. The van der Waals surface area contributed by atoms with Crippen molar-refractivity contribution in [3.63, 3.8) is 0 Å². The van der Waals surface area contributed by atoms with Crippen molar-refractivity contribution in [3.05, 3.63) is 101 Å². The fourth-order valence-corrected chi connectivity index (χ4v) is 4.38. The fourth-order valence-electron chi connectivity index (χ4n) is 4.38. The maximum absolute atomic E-state index is 13.3. The van der Waals surface area contributed by atoms with Gasteiger partial charge in [-0.15, -0.1) is 0 Å². The number of amides is 1. The first-order valence-corrected chi connectivity index (χ1v) is 11.7. The number of pyridine rings is 1. The van der Waals surface area contributed by atoms with Crippen LogP contribution >= 0.6 is 0 Å². The monoisotopic (exact) mass is 500 g/mol. The molecule has 6 nitrogen and oxygen atoms in total. The minimum absolute atomic E-state index is 0.0291. The Bertz CT molecular complexity index is 1490. The molecule has 4 aromatic rings. The van der Waals surface area contributed by atoms with Crippen LogP contribution in [-0.4, -0.2) is 30.1 Å². The van der Waals surface area contributed by atoms with Crippen LogP contribution < -0.4 is 10.1 Å². The molecule has 0 spiro atoms. The van der Waals surface area contributed by atoms with E-state index in [-0.39, 0.29) is 5.75 Å². The van der Waals surface area contributed by atoms with Crippen LogP contribution in [0.5, 0.6) is 5.75 Å². The van der Waals surface area contributed by atoms with E-state index < -0.39 is 25.1 Å². The van der Waals surface area contributed by atoms with Crippen molar-refractivity contribution >= 4 is 40.1 Å². The van der Waals surface area contributed by atoms with Gasteiger partial charge in [0, 0.05) is 11.1 Å². The standard InChI is InChI=1S/C29H22F2N2O4/c30-29(31)37-21-13-11-20(12-14-21)32-25(34)17-36-28(35)26-22-8-4-5-9-24(22)33-27-19(10-15-23(26)27)16-18-6-2-1-3-7-18/h1-9,11-14,16,29H,10,15,17H2,(H,32,34)/b19-16+.